The lowest BCUT2D eigenvalue weighted by Crippen LogP contribution is -2.55. The van der Waals surface area contributed by atoms with Gasteiger partial charge in [0.2, 0.25) is 0 Å². The van der Waals surface area contributed by atoms with Crippen LogP contribution in [-0.4, -0.2) is 36.6 Å². The monoisotopic (exact) mass is 264 g/mol. The van der Waals surface area contributed by atoms with Crippen LogP contribution in [0.3, 0.4) is 0 Å². The molecule has 5 unspecified atom stereocenters. The van der Waals surface area contributed by atoms with Crippen LogP contribution in [0.4, 0.5) is 0 Å². The topological polar surface area (TPSA) is 15.3 Å². The molecular weight excluding hydrogens is 232 g/mol. The first kappa shape index (κ1) is 13.9. The Kier molecular flexibility index (Phi) is 3.68. The van der Waals surface area contributed by atoms with Gasteiger partial charge in [0.15, 0.2) is 0 Å². The van der Waals surface area contributed by atoms with E-state index in [1.165, 1.54) is 45.1 Å². The van der Waals surface area contributed by atoms with Crippen LogP contribution in [0.5, 0.6) is 0 Å². The van der Waals surface area contributed by atoms with Crippen LogP contribution in [0.25, 0.3) is 0 Å². The van der Waals surface area contributed by atoms with Crippen molar-refractivity contribution in [1.82, 2.24) is 10.2 Å². The molecule has 110 valence electrons. The van der Waals surface area contributed by atoms with Crippen molar-refractivity contribution in [2.24, 2.45) is 17.3 Å². The number of nitrogens with one attached hydrogen (secondary N) is 1. The number of hydrogen-bond donors (Lipinski definition) is 1. The second-order valence-corrected chi connectivity index (χ2v) is 8.37. The van der Waals surface area contributed by atoms with E-state index in [1.54, 1.807) is 0 Å². The van der Waals surface area contributed by atoms with E-state index in [0.717, 1.165) is 30.0 Å². The summed E-state index contributed by atoms with van der Waals surface area (Å²) >= 11 is 0. The summed E-state index contributed by atoms with van der Waals surface area (Å²) in [5, 5.41) is 3.62. The summed E-state index contributed by atoms with van der Waals surface area (Å²) in [5.41, 5.74) is 0.482. The molecule has 0 radical (unpaired) electrons. The molecule has 2 heteroatoms. The van der Waals surface area contributed by atoms with E-state index < -0.39 is 0 Å². The van der Waals surface area contributed by atoms with E-state index in [2.05, 4.69) is 38.0 Å². The second-order valence-electron chi connectivity index (χ2n) is 8.37. The molecule has 0 aromatic heterocycles. The van der Waals surface area contributed by atoms with E-state index in [9.17, 15) is 0 Å². The van der Waals surface area contributed by atoms with Crippen molar-refractivity contribution in [3.63, 3.8) is 0 Å². The summed E-state index contributed by atoms with van der Waals surface area (Å²) in [7, 11) is 2.17. The highest BCUT2D eigenvalue weighted by Gasteiger charge is 2.45. The Morgan fingerprint density at radius 1 is 1.00 bits per heavy atom. The molecule has 0 spiro atoms. The molecule has 0 aromatic carbocycles. The summed E-state index contributed by atoms with van der Waals surface area (Å²) in [6.45, 7) is 8.70. The number of fused-ring (bicyclic) bond motifs is 2. The molecule has 1 N–H and O–H groups in total. The standard InChI is InChI=1S/C17H32N2/c1-17(2,3)13-6-8-15(18-4)16(10-13)19-11-12-5-7-14(19)9-12/h12-16,18H,5-11H2,1-4H3. The van der Waals surface area contributed by atoms with Crippen LogP contribution in [0, 0.1) is 17.3 Å². The highest BCUT2D eigenvalue weighted by atomic mass is 15.2. The predicted molar refractivity (Wildman–Crippen MR) is 81.3 cm³/mol. The van der Waals surface area contributed by atoms with Crippen LogP contribution in [0.15, 0.2) is 0 Å². The number of likely N-dealkylation sites (N-methyl/N-ethyl adjacent to an activating group) is 1. The number of hydrogen-bond acceptors (Lipinski definition) is 2. The number of rotatable bonds is 2. The average molecular weight is 264 g/mol. The van der Waals surface area contributed by atoms with E-state index in [4.69, 9.17) is 0 Å². The molecule has 2 aliphatic carbocycles. The van der Waals surface area contributed by atoms with Gasteiger partial charge in [-0.3, -0.25) is 4.90 Å². The Bertz CT molecular complexity index is 320. The van der Waals surface area contributed by atoms with E-state index in [1.807, 2.05) is 0 Å². The van der Waals surface area contributed by atoms with Gasteiger partial charge in [0.05, 0.1) is 0 Å². The maximum Gasteiger partial charge on any atom is 0.0255 e. The van der Waals surface area contributed by atoms with Gasteiger partial charge in [0.1, 0.15) is 0 Å². The zero-order valence-corrected chi connectivity index (χ0v) is 13.3. The molecule has 2 saturated carbocycles. The summed E-state index contributed by atoms with van der Waals surface area (Å²) in [5.74, 6) is 1.93. The zero-order chi connectivity index (χ0) is 13.6. The van der Waals surface area contributed by atoms with Gasteiger partial charge in [-0.15, -0.1) is 0 Å². The lowest BCUT2D eigenvalue weighted by Gasteiger charge is -2.47. The van der Waals surface area contributed by atoms with Gasteiger partial charge >= 0.3 is 0 Å². The molecule has 2 bridgehead atoms. The van der Waals surface area contributed by atoms with Crippen molar-refractivity contribution < 1.29 is 0 Å². The normalized spacial score (nSPS) is 43.9. The number of likely N-dealkylation sites (tertiary alicyclic amines) is 1. The summed E-state index contributed by atoms with van der Waals surface area (Å²) < 4.78 is 0. The van der Waals surface area contributed by atoms with Crippen molar-refractivity contribution >= 4 is 0 Å². The highest BCUT2D eigenvalue weighted by molar-refractivity contribution is 5.01. The first-order chi connectivity index (χ1) is 8.99. The first-order valence-electron chi connectivity index (χ1n) is 8.42. The third-order valence-corrected chi connectivity index (χ3v) is 6.29. The van der Waals surface area contributed by atoms with Crippen molar-refractivity contribution in [2.75, 3.05) is 13.6 Å². The smallest absolute Gasteiger partial charge is 0.0255 e. The molecule has 3 fully saturated rings. The van der Waals surface area contributed by atoms with Gasteiger partial charge in [-0.05, 0) is 62.8 Å². The van der Waals surface area contributed by atoms with E-state index >= 15 is 0 Å². The second kappa shape index (κ2) is 5.04. The quantitative estimate of drug-likeness (QED) is 0.823. The number of nitrogens with zero attached hydrogens (tertiary/aromatic N) is 1. The Labute approximate surface area is 119 Å². The molecule has 3 aliphatic rings. The van der Waals surface area contributed by atoms with Crippen LogP contribution in [0.1, 0.15) is 59.3 Å². The Balaban J connectivity index is 1.72. The van der Waals surface area contributed by atoms with Gasteiger partial charge in [0.25, 0.3) is 0 Å². The molecule has 5 atom stereocenters. The zero-order valence-electron chi connectivity index (χ0n) is 13.3. The van der Waals surface area contributed by atoms with Crippen molar-refractivity contribution in [2.45, 2.75) is 77.4 Å². The van der Waals surface area contributed by atoms with Gasteiger partial charge in [-0.1, -0.05) is 20.8 Å². The van der Waals surface area contributed by atoms with Gasteiger partial charge < -0.3 is 5.32 Å². The van der Waals surface area contributed by atoms with E-state index in [0.29, 0.717) is 5.41 Å². The molecule has 1 heterocycles. The Morgan fingerprint density at radius 3 is 2.32 bits per heavy atom. The van der Waals surface area contributed by atoms with Crippen LogP contribution in [-0.2, 0) is 0 Å². The molecular formula is C17H32N2. The van der Waals surface area contributed by atoms with Crippen molar-refractivity contribution in [1.29, 1.82) is 0 Å². The van der Waals surface area contributed by atoms with Crippen molar-refractivity contribution in [3.05, 3.63) is 0 Å². The third kappa shape index (κ3) is 2.58. The molecule has 0 amide bonds. The molecule has 3 rings (SSSR count). The SMILES string of the molecule is CNC1CCC(C(C)(C)C)CC1N1CC2CCC1C2. The van der Waals surface area contributed by atoms with Crippen LogP contribution >= 0.6 is 0 Å². The fraction of sp³-hybridized carbons (Fsp3) is 1.00. The molecule has 19 heavy (non-hydrogen) atoms. The van der Waals surface area contributed by atoms with Gasteiger partial charge in [-0.2, -0.15) is 0 Å². The minimum atomic E-state index is 0.482. The van der Waals surface area contributed by atoms with Gasteiger partial charge in [-0.25, -0.2) is 0 Å². The van der Waals surface area contributed by atoms with Gasteiger partial charge in [0, 0.05) is 24.7 Å². The predicted octanol–water partition coefficient (Wildman–Crippen LogP) is 3.27. The highest BCUT2D eigenvalue weighted by Crippen LogP contribution is 2.44. The fourth-order valence-corrected chi connectivity index (χ4v) is 5.01. The number of piperidine rings is 1. The molecule has 0 aromatic rings. The molecule has 1 saturated heterocycles. The van der Waals surface area contributed by atoms with E-state index in [-0.39, 0.29) is 0 Å². The summed E-state index contributed by atoms with van der Waals surface area (Å²) in [6.07, 6.45) is 8.66. The minimum Gasteiger partial charge on any atom is -0.315 e. The minimum absolute atomic E-state index is 0.482. The van der Waals surface area contributed by atoms with Crippen molar-refractivity contribution in [3.8, 4) is 0 Å². The third-order valence-electron chi connectivity index (χ3n) is 6.29. The lowest BCUT2D eigenvalue weighted by atomic mass is 9.69. The molecule has 1 aliphatic heterocycles. The lowest BCUT2D eigenvalue weighted by molar-refractivity contribution is 0.0425. The molecule has 2 nitrogen and oxygen atoms in total. The average Bonchev–Trinajstić information content (AvgIpc) is 2.99. The largest absolute Gasteiger partial charge is 0.315 e. The van der Waals surface area contributed by atoms with Crippen LogP contribution in [0.2, 0.25) is 0 Å². The summed E-state index contributed by atoms with van der Waals surface area (Å²) in [6, 6.07) is 2.46. The maximum atomic E-state index is 3.62. The fourth-order valence-electron chi connectivity index (χ4n) is 5.01. The first-order valence-corrected chi connectivity index (χ1v) is 8.42. The maximum absolute atomic E-state index is 3.62. The summed E-state index contributed by atoms with van der Waals surface area (Å²) in [4.78, 5) is 2.90. The van der Waals surface area contributed by atoms with Crippen LogP contribution < -0.4 is 5.32 Å². The Hall–Kier alpha value is -0.0800. The Morgan fingerprint density at radius 2 is 1.79 bits per heavy atom.